The Hall–Kier alpha value is -2.62. The van der Waals surface area contributed by atoms with Crippen molar-refractivity contribution < 1.29 is 9.59 Å². The third-order valence-corrected chi connectivity index (χ3v) is 4.02. The Morgan fingerprint density at radius 2 is 1.48 bits per heavy atom. The topological polar surface area (TPSA) is 58.2 Å². The largest absolute Gasteiger partial charge is 0.326 e. The number of amides is 2. The number of aryl methyl sites for hydroxylation is 2. The van der Waals surface area contributed by atoms with Gasteiger partial charge in [0.2, 0.25) is 11.8 Å². The minimum Gasteiger partial charge on any atom is -0.326 e. The van der Waals surface area contributed by atoms with Gasteiger partial charge in [0.25, 0.3) is 0 Å². The first-order valence-corrected chi connectivity index (χ1v) is 8.42. The van der Waals surface area contributed by atoms with E-state index in [4.69, 9.17) is 0 Å². The van der Waals surface area contributed by atoms with E-state index in [-0.39, 0.29) is 23.7 Å². The lowest BCUT2D eigenvalue weighted by molar-refractivity contribution is -0.123. The van der Waals surface area contributed by atoms with Crippen LogP contribution in [-0.2, 0) is 15.0 Å². The van der Waals surface area contributed by atoms with Crippen molar-refractivity contribution in [2.75, 3.05) is 10.6 Å². The summed E-state index contributed by atoms with van der Waals surface area (Å²) in [7, 11) is 0. The van der Waals surface area contributed by atoms with Crippen LogP contribution in [0.25, 0.3) is 0 Å². The van der Waals surface area contributed by atoms with Crippen molar-refractivity contribution in [1.82, 2.24) is 0 Å². The molecule has 0 unspecified atom stereocenters. The predicted octanol–water partition coefficient (Wildman–Crippen LogP) is 4.57. The van der Waals surface area contributed by atoms with Gasteiger partial charge in [-0.25, -0.2) is 0 Å². The third-order valence-electron chi connectivity index (χ3n) is 4.02. The van der Waals surface area contributed by atoms with E-state index in [0.29, 0.717) is 5.69 Å². The quantitative estimate of drug-likeness (QED) is 0.802. The highest BCUT2D eigenvalue weighted by Gasteiger charge is 2.14. The molecule has 2 aromatic carbocycles. The molecule has 0 saturated carbocycles. The molecule has 0 aliphatic heterocycles. The average Bonchev–Trinajstić information content (AvgIpc) is 2.50. The molecule has 0 spiro atoms. The van der Waals surface area contributed by atoms with Crippen molar-refractivity contribution in [3.05, 3.63) is 59.2 Å². The van der Waals surface area contributed by atoms with Crippen LogP contribution in [0.1, 0.15) is 43.9 Å². The smallest absolute Gasteiger partial charge is 0.233 e. The van der Waals surface area contributed by atoms with E-state index in [2.05, 4.69) is 31.4 Å². The molecule has 0 fully saturated rings. The summed E-state index contributed by atoms with van der Waals surface area (Å²) < 4.78 is 0. The van der Waals surface area contributed by atoms with Gasteiger partial charge in [0.1, 0.15) is 6.42 Å². The lowest BCUT2D eigenvalue weighted by Crippen LogP contribution is -2.22. The second-order valence-electron chi connectivity index (χ2n) is 7.42. The predicted molar refractivity (Wildman–Crippen MR) is 103 cm³/mol. The number of nitrogens with one attached hydrogen (secondary N) is 2. The fourth-order valence-electron chi connectivity index (χ4n) is 2.47. The van der Waals surface area contributed by atoms with E-state index in [1.165, 1.54) is 5.56 Å². The summed E-state index contributed by atoms with van der Waals surface area (Å²) in [4.78, 5) is 24.2. The molecule has 132 valence electrons. The van der Waals surface area contributed by atoms with Gasteiger partial charge in [0.05, 0.1) is 0 Å². The van der Waals surface area contributed by atoms with Gasteiger partial charge in [-0.05, 0) is 54.2 Å². The standard InChI is InChI=1S/C21H26N2O2/c1-14-6-7-15(2)18(12-14)23-20(25)13-19(24)22-17-10-8-16(9-11-17)21(3,4)5/h6-12H,13H2,1-5H3,(H,22,24)(H,23,25). The summed E-state index contributed by atoms with van der Waals surface area (Å²) in [6, 6.07) is 13.5. The van der Waals surface area contributed by atoms with Crippen LogP contribution in [-0.4, -0.2) is 11.8 Å². The van der Waals surface area contributed by atoms with Crippen LogP contribution >= 0.6 is 0 Å². The Morgan fingerprint density at radius 1 is 0.880 bits per heavy atom. The van der Waals surface area contributed by atoms with Crippen LogP contribution in [0.5, 0.6) is 0 Å². The molecule has 2 rings (SSSR count). The highest BCUT2D eigenvalue weighted by Crippen LogP contribution is 2.23. The SMILES string of the molecule is Cc1ccc(C)c(NC(=O)CC(=O)Nc2ccc(C(C)(C)C)cc2)c1. The maximum Gasteiger partial charge on any atom is 0.233 e. The van der Waals surface area contributed by atoms with Gasteiger partial charge < -0.3 is 10.6 Å². The number of rotatable bonds is 4. The lowest BCUT2D eigenvalue weighted by atomic mass is 9.87. The number of benzene rings is 2. The van der Waals surface area contributed by atoms with Crippen molar-refractivity contribution in [2.24, 2.45) is 0 Å². The molecule has 4 nitrogen and oxygen atoms in total. The molecule has 0 aliphatic rings. The summed E-state index contributed by atoms with van der Waals surface area (Å²) >= 11 is 0. The zero-order valence-corrected chi connectivity index (χ0v) is 15.6. The first-order valence-electron chi connectivity index (χ1n) is 8.42. The van der Waals surface area contributed by atoms with Crippen LogP contribution in [0.2, 0.25) is 0 Å². The second kappa shape index (κ2) is 7.51. The van der Waals surface area contributed by atoms with E-state index in [9.17, 15) is 9.59 Å². The van der Waals surface area contributed by atoms with E-state index in [1.54, 1.807) is 0 Å². The first-order chi connectivity index (χ1) is 11.6. The summed E-state index contributed by atoms with van der Waals surface area (Å²) in [5.74, 6) is -0.649. The molecule has 2 N–H and O–H groups in total. The zero-order valence-electron chi connectivity index (χ0n) is 15.6. The van der Waals surface area contributed by atoms with Crippen LogP contribution in [0, 0.1) is 13.8 Å². The average molecular weight is 338 g/mol. The molecule has 2 amide bonds. The second-order valence-corrected chi connectivity index (χ2v) is 7.42. The highest BCUT2D eigenvalue weighted by molar-refractivity contribution is 6.08. The van der Waals surface area contributed by atoms with Gasteiger partial charge in [-0.15, -0.1) is 0 Å². The zero-order chi connectivity index (χ0) is 18.6. The first kappa shape index (κ1) is 18.7. The molecule has 0 saturated heterocycles. The number of carbonyl (C=O) groups is 2. The van der Waals surface area contributed by atoms with Gasteiger partial charge in [-0.3, -0.25) is 9.59 Å². The molecule has 0 radical (unpaired) electrons. The number of hydrogen-bond donors (Lipinski definition) is 2. The van der Waals surface area contributed by atoms with Crippen molar-refractivity contribution in [1.29, 1.82) is 0 Å². The Labute approximate surface area is 149 Å². The molecular formula is C21H26N2O2. The Balaban J connectivity index is 1.93. The Kier molecular flexibility index (Phi) is 5.62. The van der Waals surface area contributed by atoms with Crippen LogP contribution < -0.4 is 10.6 Å². The minimum absolute atomic E-state index is 0.0636. The molecule has 0 bridgehead atoms. The fourth-order valence-corrected chi connectivity index (χ4v) is 2.47. The van der Waals surface area contributed by atoms with Gasteiger partial charge in [0, 0.05) is 11.4 Å². The van der Waals surface area contributed by atoms with Crippen LogP contribution in [0.4, 0.5) is 11.4 Å². The number of carbonyl (C=O) groups excluding carboxylic acids is 2. The van der Waals surface area contributed by atoms with Gasteiger partial charge in [-0.1, -0.05) is 45.0 Å². The Morgan fingerprint density at radius 3 is 2.08 bits per heavy atom. The monoisotopic (exact) mass is 338 g/mol. The normalized spacial score (nSPS) is 11.1. The van der Waals surface area contributed by atoms with Crippen molar-refractivity contribution >= 4 is 23.2 Å². The van der Waals surface area contributed by atoms with E-state index < -0.39 is 0 Å². The van der Waals surface area contributed by atoms with Gasteiger partial charge >= 0.3 is 0 Å². The van der Waals surface area contributed by atoms with Crippen molar-refractivity contribution in [3.63, 3.8) is 0 Å². The number of hydrogen-bond acceptors (Lipinski definition) is 2. The molecule has 0 atom stereocenters. The maximum absolute atomic E-state index is 12.1. The molecule has 25 heavy (non-hydrogen) atoms. The van der Waals surface area contributed by atoms with Gasteiger partial charge in [-0.2, -0.15) is 0 Å². The Bertz CT molecular complexity index is 771. The summed E-state index contributed by atoms with van der Waals surface area (Å²) in [6.45, 7) is 10.3. The van der Waals surface area contributed by atoms with Crippen molar-refractivity contribution in [2.45, 2.75) is 46.5 Å². The molecular weight excluding hydrogens is 312 g/mol. The maximum atomic E-state index is 12.1. The van der Waals surface area contributed by atoms with E-state index >= 15 is 0 Å². The van der Waals surface area contributed by atoms with Crippen LogP contribution in [0.15, 0.2) is 42.5 Å². The summed E-state index contributed by atoms with van der Waals surface area (Å²) in [5, 5.41) is 5.56. The van der Waals surface area contributed by atoms with Crippen molar-refractivity contribution in [3.8, 4) is 0 Å². The van der Waals surface area contributed by atoms with Crippen LogP contribution in [0.3, 0.4) is 0 Å². The molecule has 2 aromatic rings. The third kappa shape index (κ3) is 5.45. The minimum atomic E-state index is -0.327. The summed E-state index contributed by atoms with van der Waals surface area (Å²) in [5.41, 5.74) is 4.72. The molecule has 0 aliphatic carbocycles. The highest BCUT2D eigenvalue weighted by atomic mass is 16.2. The summed E-state index contributed by atoms with van der Waals surface area (Å²) in [6.07, 6.45) is -0.214. The lowest BCUT2D eigenvalue weighted by Gasteiger charge is -2.19. The van der Waals surface area contributed by atoms with E-state index in [0.717, 1.165) is 16.8 Å². The molecule has 0 heterocycles. The van der Waals surface area contributed by atoms with Gasteiger partial charge in [0.15, 0.2) is 0 Å². The van der Waals surface area contributed by atoms with E-state index in [1.807, 2.05) is 56.3 Å². The number of anilines is 2. The molecule has 0 aromatic heterocycles. The fraction of sp³-hybridized carbons (Fsp3) is 0.333. The molecule has 4 heteroatoms.